The van der Waals surface area contributed by atoms with Gasteiger partial charge in [-0.25, -0.2) is 0 Å². The van der Waals surface area contributed by atoms with Gasteiger partial charge in [0, 0.05) is 21.5 Å². The molecule has 7 heterocycles. The van der Waals surface area contributed by atoms with Gasteiger partial charge in [-0.3, -0.25) is 19.9 Å². The van der Waals surface area contributed by atoms with Crippen molar-refractivity contribution in [3.05, 3.63) is 189 Å². The van der Waals surface area contributed by atoms with Gasteiger partial charge in [0.2, 0.25) is 0 Å². The fourth-order valence-electron chi connectivity index (χ4n) is 11.8. The van der Waals surface area contributed by atoms with Gasteiger partial charge in [0.25, 0.3) is 0 Å². The third kappa shape index (κ3) is 7.60. The van der Waals surface area contributed by atoms with Crippen LogP contribution in [-0.4, -0.2) is 49.8 Å². The lowest BCUT2D eigenvalue weighted by atomic mass is 10.0. The number of hydrogen-bond acceptors (Lipinski definition) is 4. The van der Waals surface area contributed by atoms with E-state index < -0.39 is 0 Å². The van der Waals surface area contributed by atoms with Crippen molar-refractivity contribution in [1.82, 2.24) is 49.8 Å². The first-order chi connectivity index (χ1) is 37.6. The zero-order valence-corrected chi connectivity index (χ0v) is 46.3. The van der Waals surface area contributed by atoms with Gasteiger partial charge in [0.1, 0.15) is 0 Å². The summed E-state index contributed by atoms with van der Waals surface area (Å²) in [6.07, 6.45) is 7.92. The summed E-state index contributed by atoms with van der Waals surface area (Å²) < 4.78 is 0. The molecule has 384 valence electrons. The summed E-state index contributed by atoms with van der Waals surface area (Å²) in [7, 11) is 0. The minimum absolute atomic E-state index is 0.893. The van der Waals surface area contributed by atoms with Crippen molar-refractivity contribution in [3.63, 3.8) is 0 Å². The van der Waals surface area contributed by atoms with Crippen molar-refractivity contribution >= 4 is 131 Å². The van der Waals surface area contributed by atoms with Crippen LogP contribution < -0.4 is 0 Å². The largest absolute Gasteiger partial charge is 0.352 e. The number of H-pyrrole nitrogens is 6. The van der Waals surface area contributed by atoms with E-state index >= 15 is 0 Å². The van der Waals surface area contributed by atoms with Crippen molar-refractivity contribution in [3.8, 4) is 0 Å². The van der Waals surface area contributed by atoms with Gasteiger partial charge in [0.15, 0.2) is 0 Å². The lowest BCUT2D eigenvalue weighted by Gasteiger charge is -2.04. The second kappa shape index (κ2) is 18.2. The Morgan fingerprint density at radius 2 is 0.436 bits per heavy atom. The highest BCUT2D eigenvalue weighted by Gasteiger charge is 2.16. The van der Waals surface area contributed by atoms with Crippen LogP contribution in [-0.2, 0) is 0 Å². The summed E-state index contributed by atoms with van der Waals surface area (Å²) in [5, 5.41) is 8.74. The second-order valence-corrected chi connectivity index (χ2v) is 21.6. The molecule has 6 aromatic carbocycles. The monoisotopic (exact) mass is 1020 g/mol. The molecule has 0 atom stereocenters. The van der Waals surface area contributed by atoms with Crippen LogP contribution in [0.15, 0.2) is 122 Å². The smallest absolute Gasteiger partial charge is 0.0709 e. The molecule has 0 unspecified atom stereocenters. The Morgan fingerprint density at radius 3 is 0.667 bits per heavy atom. The van der Waals surface area contributed by atoms with Crippen LogP contribution in [0.4, 0.5) is 0 Å². The maximum Gasteiger partial charge on any atom is 0.0709 e. The van der Waals surface area contributed by atoms with E-state index in [0.29, 0.717) is 0 Å². The van der Waals surface area contributed by atoms with Crippen LogP contribution in [0.2, 0.25) is 0 Å². The predicted molar refractivity (Wildman–Crippen MR) is 330 cm³/mol. The van der Waals surface area contributed by atoms with Crippen LogP contribution in [0.5, 0.6) is 0 Å². The molecule has 13 aromatic rings. The summed E-state index contributed by atoms with van der Waals surface area (Å²) >= 11 is 0. The van der Waals surface area contributed by atoms with Crippen molar-refractivity contribution in [2.75, 3.05) is 0 Å². The highest BCUT2D eigenvalue weighted by molar-refractivity contribution is 6.10. The van der Waals surface area contributed by atoms with Crippen molar-refractivity contribution < 1.29 is 0 Å². The summed E-state index contributed by atoms with van der Waals surface area (Å²) in [6.45, 7) is 26.2. The molecule has 0 saturated heterocycles. The standard InChI is InChI=1S/C68H62N10/c1-33-37(5)61-65-41(9)42(10)66(77-65)62-38(6)34(2)58(74-62)30-71-55-23-15-19-47-26-48-20-16-24-56(52(48)28-51(47)55)72-32-60-36(4)40(8)64(76-60)68-44(12)43(11)67(78-68)63-39(7)35(3)59(75-63)31-70-54-22-14-18-46-25-45-17-13-21-53(49(45)27-50(46)54)69-29-57(33)73-61/h13-32,73-78H,1-12H3. The number of benzene rings is 6. The number of aromatic nitrogens is 10. The molecule has 0 amide bonds. The average molecular weight is 1020 g/mol. The topological polar surface area (TPSA) is 146 Å². The molecule has 0 aliphatic carbocycles. The van der Waals surface area contributed by atoms with Gasteiger partial charge in [-0.05, 0) is 220 Å². The zero-order chi connectivity index (χ0) is 54.0. The lowest BCUT2D eigenvalue weighted by Crippen LogP contribution is -1.82. The van der Waals surface area contributed by atoms with Crippen LogP contribution in [0.3, 0.4) is 0 Å². The van der Waals surface area contributed by atoms with Crippen LogP contribution in [0, 0.1) is 83.1 Å². The van der Waals surface area contributed by atoms with E-state index in [1.807, 2.05) is 24.8 Å². The first-order valence-electron chi connectivity index (χ1n) is 26.9. The molecule has 0 fully saturated rings. The number of rotatable bonds is 0. The number of nitrogens with one attached hydrogen (secondary N) is 6. The molecular weight excluding hydrogens is 957 g/mol. The molecule has 0 aliphatic heterocycles. The molecule has 16 bridgehead atoms. The van der Waals surface area contributed by atoms with E-state index in [-0.39, 0.29) is 0 Å². The Balaban J connectivity index is 1.09. The van der Waals surface area contributed by atoms with Crippen LogP contribution in [0.1, 0.15) is 66.8 Å². The van der Waals surface area contributed by atoms with Gasteiger partial charge >= 0.3 is 0 Å². The van der Waals surface area contributed by atoms with Crippen molar-refractivity contribution in [2.24, 2.45) is 0 Å². The fourth-order valence-corrected chi connectivity index (χ4v) is 11.8. The molecule has 6 N–H and O–H groups in total. The Hall–Kier alpha value is -9.28. The van der Waals surface area contributed by atoms with E-state index in [0.717, 1.165) is 154 Å². The normalized spacial score (nSPS) is 11.8. The number of nitrogens with zero attached hydrogens (tertiary/aromatic N) is 4. The van der Waals surface area contributed by atoms with Crippen LogP contribution in [0.25, 0.3) is 131 Å². The molecule has 13 rings (SSSR count). The Kier molecular flexibility index (Phi) is 11.3. The number of aromatic amines is 6. The molecule has 10 heteroatoms. The molecule has 7 aromatic heterocycles. The first-order valence-corrected chi connectivity index (χ1v) is 26.9. The third-order valence-corrected chi connectivity index (χ3v) is 17.5. The summed E-state index contributed by atoms with van der Waals surface area (Å²) in [5.74, 6) is 0. The van der Waals surface area contributed by atoms with Gasteiger partial charge < -0.3 is 29.9 Å². The maximum atomic E-state index is 5.20. The minimum atomic E-state index is 0.893. The highest BCUT2D eigenvalue weighted by Crippen LogP contribution is 2.35. The van der Waals surface area contributed by atoms with E-state index in [2.05, 4.69) is 210 Å². The van der Waals surface area contributed by atoms with E-state index in [9.17, 15) is 0 Å². The first kappa shape index (κ1) is 48.4. The van der Waals surface area contributed by atoms with Gasteiger partial charge in [-0.15, -0.1) is 0 Å². The quantitative estimate of drug-likeness (QED) is 0.0840. The van der Waals surface area contributed by atoms with Crippen molar-refractivity contribution in [2.45, 2.75) is 83.1 Å². The van der Waals surface area contributed by atoms with Crippen molar-refractivity contribution in [1.29, 1.82) is 0 Å². The van der Waals surface area contributed by atoms with Gasteiger partial charge in [0.05, 0.1) is 113 Å². The maximum absolute atomic E-state index is 5.20. The van der Waals surface area contributed by atoms with Crippen LogP contribution >= 0.6 is 0 Å². The van der Waals surface area contributed by atoms with Gasteiger partial charge in [-0.1, -0.05) is 48.5 Å². The fraction of sp³-hybridized carbons (Fsp3) is 0.176. The van der Waals surface area contributed by atoms with E-state index in [1.54, 1.807) is 0 Å². The lowest BCUT2D eigenvalue weighted by molar-refractivity contribution is 1.39. The SMILES string of the molecule is Cc1c(C)c2[nH]c1cnc1cccc3cc4cccc(ncc5[nH]c(c(C)c5C)c5[nH]c(c(C)c5C)c5[nH]c(cnc6cccc7cc8cccc(ncc9[nH]c(c(C)c9C)c9[nH]c2c(C)c9C)c8cc76)c(C)c5C)c4cc31. The number of fused-ring (bicyclic) bond motifs is 16. The molecule has 0 saturated carbocycles. The summed E-state index contributed by atoms with van der Waals surface area (Å²) in [4.78, 5) is 43.7. The molecule has 0 radical (unpaired) electrons. The number of aryl methyl sites for hydroxylation is 12. The average Bonchev–Trinajstić information content (AvgIpc) is 4.32. The number of hydrogen-bond donors (Lipinski definition) is 6. The second-order valence-electron chi connectivity index (χ2n) is 21.6. The summed E-state index contributed by atoms with van der Waals surface area (Å²) in [5.41, 5.74) is 30.1. The predicted octanol–water partition coefficient (Wildman–Crippen LogP) is 17.8. The molecule has 0 spiro atoms. The van der Waals surface area contributed by atoms with E-state index in [1.165, 1.54) is 44.5 Å². The molecule has 78 heavy (non-hydrogen) atoms. The Morgan fingerprint density at radius 1 is 0.231 bits per heavy atom. The van der Waals surface area contributed by atoms with E-state index in [4.69, 9.17) is 19.9 Å². The molecule has 10 nitrogen and oxygen atoms in total. The molecular formula is C68H62N10. The highest BCUT2D eigenvalue weighted by atomic mass is 14.8. The zero-order valence-electron chi connectivity index (χ0n) is 46.3. The third-order valence-electron chi connectivity index (χ3n) is 17.5. The van der Waals surface area contributed by atoms with Gasteiger partial charge in [-0.2, -0.15) is 0 Å². The molecule has 0 aliphatic rings. The summed E-state index contributed by atoms with van der Waals surface area (Å²) in [6, 6.07) is 34.4. The Labute approximate surface area is 450 Å². The Bertz CT molecular complexity index is 4490. The minimum Gasteiger partial charge on any atom is -0.352 e.